The summed E-state index contributed by atoms with van der Waals surface area (Å²) < 4.78 is 13.9. The number of nitrogens with zero attached hydrogens (tertiary/aromatic N) is 1. The van der Waals surface area contributed by atoms with Crippen LogP contribution in [0.15, 0.2) is 59.1 Å². The van der Waals surface area contributed by atoms with E-state index in [1.54, 1.807) is 6.07 Å². The summed E-state index contributed by atoms with van der Waals surface area (Å²) in [5, 5.41) is 1.03. The van der Waals surface area contributed by atoms with Gasteiger partial charge < -0.3 is 0 Å². The Hall–Kier alpha value is -2.07. The maximum absolute atomic E-state index is 13.3. The summed E-state index contributed by atoms with van der Waals surface area (Å²) in [5.74, 6) is -0.586. The third-order valence-electron chi connectivity index (χ3n) is 3.18. The zero-order chi connectivity index (χ0) is 14.8. The van der Waals surface area contributed by atoms with Gasteiger partial charge in [-0.1, -0.05) is 40.2 Å². The number of hydrogen-bond acceptors (Lipinski definition) is 2. The van der Waals surface area contributed by atoms with Gasteiger partial charge in [-0.15, -0.1) is 0 Å². The van der Waals surface area contributed by atoms with Crippen molar-refractivity contribution in [3.63, 3.8) is 0 Å². The molecule has 104 valence electrons. The number of ketones is 1. The van der Waals surface area contributed by atoms with Crippen molar-refractivity contribution in [2.75, 3.05) is 0 Å². The SMILES string of the molecule is O=C(Cc1ccc2ccccc2n1)c1cc(F)cc(Br)c1. The van der Waals surface area contributed by atoms with Crippen LogP contribution in [0.1, 0.15) is 16.1 Å². The van der Waals surface area contributed by atoms with Gasteiger partial charge in [0.05, 0.1) is 11.9 Å². The van der Waals surface area contributed by atoms with Crippen molar-refractivity contribution >= 4 is 32.6 Å². The van der Waals surface area contributed by atoms with Gasteiger partial charge in [0.15, 0.2) is 5.78 Å². The fourth-order valence-corrected chi connectivity index (χ4v) is 2.65. The number of benzene rings is 2. The minimum atomic E-state index is -0.431. The van der Waals surface area contributed by atoms with Crippen molar-refractivity contribution in [2.24, 2.45) is 0 Å². The molecule has 0 bridgehead atoms. The molecule has 0 atom stereocenters. The van der Waals surface area contributed by atoms with Crippen LogP contribution in [0, 0.1) is 5.82 Å². The Bertz CT molecular complexity index is 812. The van der Waals surface area contributed by atoms with Gasteiger partial charge in [0.2, 0.25) is 0 Å². The lowest BCUT2D eigenvalue weighted by molar-refractivity contribution is 0.0991. The molecule has 0 unspecified atom stereocenters. The van der Waals surface area contributed by atoms with E-state index in [-0.39, 0.29) is 12.2 Å². The molecule has 21 heavy (non-hydrogen) atoms. The molecular weight excluding hydrogens is 333 g/mol. The lowest BCUT2D eigenvalue weighted by atomic mass is 10.1. The van der Waals surface area contributed by atoms with E-state index >= 15 is 0 Å². The van der Waals surface area contributed by atoms with E-state index in [2.05, 4.69) is 20.9 Å². The quantitative estimate of drug-likeness (QED) is 0.652. The van der Waals surface area contributed by atoms with Crippen LogP contribution in [0.3, 0.4) is 0 Å². The predicted octanol–water partition coefficient (Wildman–Crippen LogP) is 4.56. The summed E-state index contributed by atoms with van der Waals surface area (Å²) in [6.07, 6.45) is 0.153. The first-order valence-electron chi connectivity index (χ1n) is 6.46. The Morgan fingerprint density at radius 2 is 1.90 bits per heavy atom. The number of para-hydroxylation sites is 1. The number of fused-ring (bicyclic) bond motifs is 1. The zero-order valence-corrected chi connectivity index (χ0v) is 12.6. The average Bonchev–Trinajstić information content (AvgIpc) is 2.46. The average molecular weight is 344 g/mol. The summed E-state index contributed by atoms with van der Waals surface area (Å²) in [7, 11) is 0. The Balaban J connectivity index is 1.88. The number of aromatic nitrogens is 1. The molecule has 0 N–H and O–H groups in total. The second-order valence-corrected chi connectivity index (χ2v) is 5.67. The summed E-state index contributed by atoms with van der Waals surface area (Å²) in [5.41, 5.74) is 1.87. The van der Waals surface area contributed by atoms with Crippen molar-refractivity contribution in [1.29, 1.82) is 0 Å². The fourth-order valence-electron chi connectivity index (χ4n) is 2.19. The highest BCUT2D eigenvalue weighted by atomic mass is 79.9. The smallest absolute Gasteiger partial charge is 0.168 e. The zero-order valence-electron chi connectivity index (χ0n) is 11.0. The Labute approximate surface area is 129 Å². The second kappa shape index (κ2) is 5.74. The van der Waals surface area contributed by atoms with Gasteiger partial charge in [-0.25, -0.2) is 4.39 Å². The highest BCUT2D eigenvalue weighted by Crippen LogP contribution is 2.17. The molecule has 1 heterocycles. The van der Waals surface area contributed by atoms with E-state index in [1.807, 2.05) is 36.4 Å². The number of carbonyl (C=O) groups is 1. The number of pyridine rings is 1. The molecule has 0 aliphatic heterocycles. The first kappa shape index (κ1) is 13.9. The second-order valence-electron chi connectivity index (χ2n) is 4.75. The normalized spacial score (nSPS) is 10.8. The van der Waals surface area contributed by atoms with Gasteiger partial charge in [0, 0.05) is 21.1 Å². The molecular formula is C17H11BrFNO. The summed E-state index contributed by atoms with van der Waals surface area (Å²) >= 11 is 3.19. The largest absolute Gasteiger partial charge is 0.294 e. The third-order valence-corrected chi connectivity index (χ3v) is 3.64. The highest BCUT2D eigenvalue weighted by molar-refractivity contribution is 9.10. The van der Waals surface area contributed by atoms with E-state index < -0.39 is 5.82 Å². The lowest BCUT2D eigenvalue weighted by Crippen LogP contribution is -2.05. The Morgan fingerprint density at radius 1 is 1.10 bits per heavy atom. The lowest BCUT2D eigenvalue weighted by Gasteiger charge is -2.04. The van der Waals surface area contributed by atoms with Crippen LogP contribution in [0.4, 0.5) is 4.39 Å². The van der Waals surface area contributed by atoms with E-state index in [1.165, 1.54) is 12.1 Å². The van der Waals surface area contributed by atoms with Crippen LogP contribution in [-0.4, -0.2) is 10.8 Å². The van der Waals surface area contributed by atoms with Crippen LogP contribution >= 0.6 is 15.9 Å². The van der Waals surface area contributed by atoms with Crippen LogP contribution in [0.25, 0.3) is 10.9 Å². The van der Waals surface area contributed by atoms with Gasteiger partial charge in [0.25, 0.3) is 0 Å². The molecule has 0 spiro atoms. The van der Waals surface area contributed by atoms with Crippen molar-refractivity contribution in [3.8, 4) is 0 Å². The standard InChI is InChI=1S/C17H11BrFNO/c18-13-7-12(8-14(19)9-13)17(21)10-15-6-5-11-3-1-2-4-16(11)20-15/h1-9H,10H2. The van der Waals surface area contributed by atoms with Crippen LogP contribution in [0.5, 0.6) is 0 Å². The van der Waals surface area contributed by atoms with Crippen LogP contribution in [0.2, 0.25) is 0 Å². The number of hydrogen-bond donors (Lipinski definition) is 0. The molecule has 0 aliphatic rings. The summed E-state index contributed by atoms with van der Waals surface area (Å²) in [6, 6.07) is 15.7. The highest BCUT2D eigenvalue weighted by Gasteiger charge is 2.10. The van der Waals surface area contributed by atoms with Crippen molar-refractivity contribution in [2.45, 2.75) is 6.42 Å². The van der Waals surface area contributed by atoms with Gasteiger partial charge in [-0.3, -0.25) is 9.78 Å². The molecule has 0 amide bonds. The van der Waals surface area contributed by atoms with Gasteiger partial charge in [-0.2, -0.15) is 0 Å². The van der Waals surface area contributed by atoms with Crippen molar-refractivity contribution in [3.05, 3.63) is 76.1 Å². The molecule has 2 nitrogen and oxygen atoms in total. The van der Waals surface area contributed by atoms with Gasteiger partial charge in [-0.05, 0) is 30.3 Å². The van der Waals surface area contributed by atoms with E-state index in [0.717, 1.165) is 10.9 Å². The summed E-state index contributed by atoms with van der Waals surface area (Å²) in [4.78, 5) is 16.7. The molecule has 1 aromatic heterocycles. The van der Waals surface area contributed by atoms with Crippen LogP contribution in [-0.2, 0) is 6.42 Å². The fraction of sp³-hybridized carbons (Fsp3) is 0.0588. The molecule has 0 saturated carbocycles. The minimum Gasteiger partial charge on any atom is -0.294 e. The maximum Gasteiger partial charge on any atom is 0.168 e. The number of carbonyl (C=O) groups excluding carboxylic acids is 1. The van der Waals surface area contributed by atoms with Crippen molar-refractivity contribution in [1.82, 2.24) is 4.98 Å². The monoisotopic (exact) mass is 343 g/mol. The minimum absolute atomic E-state index is 0.153. The Kier molecular flexibility index (Phi) is 3.80. The maximum atomic E-state index is 13.3. The van der Waals surface area contributed by atoms with E-state index in [4.69, 9.17) is 0 Å². The molecule has 0 radical (unpaired) electrons. The molecule has 3 aromatic rings. The van der Waals surface area contributed by atoms with Crippen molar-refractivity contribution < 1.29 is 9.18 Å². The number of halogens is 2. The van der Waals surface area contributed by atoms with E-state index in [0.29, 0.717) is 15.7 Å². The summed E-state index contributed by atoms with van der Waals surface area (Å²) in [6.45, 7) is 0. The molecule has 0 fully saturated rings. The molecule has 4 heteroatoms. The number of Topliss-reactive ketones (excluding diaryl/α,β-unsaturated/α-hetero) is 1. The van der Waals surface area contributed by atoms with E-state index in [9.17, 15) is 9.18 Å². The molecule has 2 aromatic carbocycles. The van der Waals surface area contributed by atoms with Crippen LogP contribution < -0.4 is 0 Å². The third kappa shape index (κ3) is 3.16. The Morgan fingerprint density at radius 3 is 2.71 bits per heavy atom. The van der Waals surface area contributed by atoms with Gasteiger partial charge >= 0.3 is 0 Å². The first-order valence-corrected chi connectivity index (χ1v) is 7.25. The molecule has 3 rings (SSSR count). The first-order chi connectivity index (χ1) is 10.1. The van der Waals surface area contributed by atoms with Gasteiger partial charge in [0.1, 0.15) is 5.82 Å². The topological polar surface area (TPSA) is 30.0 Å². The molecule has 0 saturated heterocycles. The molecule has 0 aliphatic carbocycles. The number of rotatable bonds is 3. The predicted molar refractivity (Wildman–Crippen MR) is 83.9 cm³/mol.